The van der Waals surface area contributed by atoms with Gasteiger partial charge in [-0.1, -0.05) is 17.7 Å². The van der Waals surface area contributed by atoms with Crippen LogP contribution in [0.25, 0.3) is 0 Å². The van der Waals surface area contributed by atoms with Crippen LogP contribution in [0.1, 0.15) is 43.8 Å². The van der Waals surface area contributed by atoms with Gasteiger partial charge in [0.1, 0.15) is 5.56 Å². The molecule has 1 fully saturated rings. The van der Waals surface area contributed by atoms with Crippen LogP contribution in [-0.4, -0.2) is 57.4 Å². The molecule has 0 radical (unpaired) electrons. The molecule has 0 unspecified atom stereocenters. The maximum absolute atomic E-state index is 12.9. The lowest BCUT2D eigenvalue weighted by Crippen LogP contribution is -2.40. The normalized spacial score (nSPS) is 18.7. The number of halogens is 1. The predicted octanol–water partition coefficient (Wildman–Crippen LogP) is 1.74. The summed E-state index contributed by atoms with van der Waals surface area (Å²) in [5.41, 5.74) is 2.55. The van der Waals surface area contributed by atoms with Crippen LogP contribution in [0.4, 0.5) is 0 Å². The number of H-pyrrole nitrogens is 1. The average Bonchev–Trinajstić information content (AvgIpc) is 3.15. The molecule has 3 heterocycles. The van der Waals surface area contributed by atoms with Crippen LogP contribution < -0.4 is 5.56 Å². The minimum Gasteiger partial charge on any atom is -0.391 e. The molecule has 8 heteroatoms. The number of nitrogens with one attached hydrogen (secondary N) is 1. The molecule has 2 amide bonds. The topological polar surface area (TPSA) is 93.7 Å². The highest BCUT2D eigenvalue weighted by atomic mass is 35.5. The second-order valence-corrected chi connectivity index (χ2v) is 8.04. The maximum atomic E-state index is 12.9. The Hall–Kier alpha value is -2.64. The Labute approximate surface area is 172 Å². The van der Waals surface area contributed by atoms with Crippen molar-refractivity contribution in [3.05, 3.63) is 67.6 Å². The van der Waals surface area contributed by atoms with Crippen LogP contribution in [0, 0.1) is 6.92 Å². The van der Waals surface area contributed by atoms with E-state index in [0.29, 0.717) is 48.6 Å². The number of carbonyl (C=O) groups is 2. The van der Waals surface area contributed by atoms with Gasteiger partial charge in [-0.05, 0) is 48.6 Å². The summed E-state index contributed by atoms with van der Waals surface area (Å²) in [6.45, 7) is 3.26. The largest absolute Gasteiger partial charge is 0.391 e. The lowest BCUT2D eigenvalue weighted by atomic mass is 9.95. The monoisotopic (exact) mass is 415 g/mol. The Morgan fingerprint density at radius 1 is 1.21 bits per heavy atom. The fraction of sp³-hybridized carbons (Fsp3) is 0.381. The number of pyridine rings is 1. The number of aromatic nitrogens is 1. The number of nitrogens with zero attached hydrogens (tertiary/aromatic N) is 2. The van der Waals surface area contributed by atoms with Gasteiger partial charge in [-0.25, -0.2) is 0 Å². The third-order valence-electron chi connectivity index (χ3n) is 5.66. The highest BCUT2D eigenvalue weighted by Crippen LogP contribution is 2.25. The van der Waals surface area contributed by atoms with Gasteiger partial charge >= 0.3 is 0 Å². The van der Waals surface area contributed by atoms with E-state index in [1.807, 2.05) is 13.0 Å². The number of benzene rings is 1. The van der Waals surface area contributed by atoms with Gasteiger partial charge in [0, 0.05) is 43.0 Å². The molecule has 152 valence electrons. The summed E-state index contributed by atoms with van der Waals surface area (Å²) in [6, 6.07) is 5.22. The standard InChI is InChI=1S/C21H22ClN3O4/c1-12-2-3-13(8-17(12)22)20(28)24-7-5-16-14(10-24)9-23-19(27)18(16)21(29)25-6-4-15(26)11-25/h2-3,8-9,15,26H,4-7,10-11H2,1H3,(H,23,27)/t15-/m0/s1. The SMILES string of the molecule is Cc1ccc(C(=O)N2CCc3c(c[nH]c(=O)c3C(=O)N3CC[C@H](O)C3)C2)cc1Cl. The number of aromatic amines is 1. The molecule has 0 saturated carbocycles. The number of amides is 2. The maximum Gasteiger partial charge on any atom is 0.261 e. The zero-order valence-electron chi connectivity index (χ0n) is 16.1. The minimum absolute atomic E-state index is 0.127. The van der Waals surface area contributed by atoms with Crippen LogP contribution in [0.3, 0.4) is 0 Å². The lowest BCUT2D eigenvalue weighted by molar-refractivity contribution is 0.0732. The molecule has 2 aromatic rings. The summed E-state index contributed by atoms with van der Waals surface area (Å²) in [6.07, 6.45) is 1.96. The molecule has 2 N–H and O–H groups in total. The molecule has 0 aliphatic carbocycles. The van der Waals surface area contributed by atoms with E-state index in [9.17, 15) is 19.5 Å². The first-order valence-corrected chi connectivity index (χ1v) is 9.99. The molecule has 1 aromatic heterocycles. The summed E-state index contributed by atoms with van der Waals surface area (Å²) in [7, 11) is 0. The molecule has 4 rings (SSSR count). The first-order valence-electron chi connectivity index (χ1n) is 9.61. The summed E-state index contributed by atoms with van der Waals surface area (Å²) in [4.78, 5) is 44.0. The van der Waals surface area contributed by atoms with Crippen LogP contribution in [0.5, 0.6) is 0 Å². The first-order chi connectivity index (χ1) is 13.8. The third kappa shape index (κ3) is 3.68. The number of hydrogen-bond acceptors (Lipinski definition) is 4. The molecule has 2 aliphatic rings. The van der Waals surface area contributed by atoms with E-state index in [1.54, 1.807) is 23.2 Å². The Balaban J connectivity index is 1.60. The lowest BCUT2D eigenvalue weighted by Gasteiger charge is -2.30. The molecule has 0 spiro atoms. The number of aryl methyl sites for hydroxylation is 1. The van der Waals surface area contributed by atoms with Gasteiger partial charge < -0.3 is 19.9 Å². The summed E-state index contributed by atoms with van der Waals surface area (Å²) in [5, 5.41) is 10.3. The molecule has 1 saturated heterocycles. The van der Waals surface area contributed by atoms with Gasteiger partial charge in [0.15, 0.2) is 0 Å². The molecule has 1 atom stereocenters. The molecule has 2 aliphatic heterocycles. The zero-order valence-corrected chi connectivity index (χ0v) is 16.8. The van der Waals surface area contributed by atoms with Gasteiger partial charge in [0.05, 0.1) is 6.10 Å². The molecule has 1 aromatic carbocycles. The fourth-order valence-corrected chi connectivity index (χ4v) is 4.14. The van der Waals surface area contributed by atoms with Crippen molar-refractivity contribution in [2.75, 3.05) is 19.6 Å². The highest BCUT2D eigenvalue weighted by Gasteiger charge is 2.32. The third-order valence-corrected chi connectivity index (χ3v) is 6.06. The van der Waals surface area contributed by atoms with Gasteiger partial charge in [0.2, 0.25) is 0 Å². The predicted molar refractivity (Wildman–Crippen MR) is 108 cm³/mol. The number of fused-ring (bicyclic) bond motifs is 1. The van der Waals surface area contributed by atoms with Crippen molar-refractivity contribution >= 4 is 23.4 Å². The number of carbonyl (C=O) groups excluding carboxylic acids is 2. The number of hydrogen-bond donors (Lipinski definition) is 2. The van der Waals surface area contributed by atoms with Gasteiger partial charge in [-0.2, -0.15) is 0 Å². The first kappa shape index (κ1) is 19.7. The second-order valence-electron chi connectivity index (χ2n) is 7.63. The molecular formula is C21H22ClN3O4. The van der Waals surface area contributed by atoms with E-state index in [2.05, 4.69) is 4.98 Å². The van der Waals surface area contributed by atoms with Crippen molar-refractivity contribution in [1.82, 2.24) is 14.8 Å². The quantitative estimate of drug-likeness (QED) is 0.781. The van der Waals surface area contributed by atoms with E-state index in [4.69, 9.17) is 11.6 Å². The average molecular weight is 416 g/mol. The minimum atomic E-state index is -0.549. The zero-order chi connectivity index (χ0) is 20.7. The van der Waals surface area contributed by atoms with Crippen molar-refractivity contribution in [3.63, 3.8) is 0 Å². The van der Waals surface area contributed by atoms with Gasteiger partial charge in [-0.3, -0.25) is 14.4 Å². The molecule has 0 bridgehead atoms. The molecule has 7 nitrogen and oxygen atoms in total. The number of β-amino-alcohol motifs (C(OH)–C–C–N with tert-alkyl or cyclic N) is 1. The van der Waals surface area contributed by atoms with Crippen molar-refractivity contribution in [3.8, 4) is 0 Å². The van der Waals surface area contributed by atoms with Crippen LogP contribution in [0.2, 0.25) is 5.02 Å². The Morgan fingerprint density at radius 2 is 2.00 bits per heavy atom. The van der Waals surface area contributed by atoms with Crippen LogP contribution >= 0.6 is 11.6 Å². The highest BCUT2D eigenvalue weighted by molar-refractivity contribution is 6.31. The van der Waals surface area contributed by atoms with Crippen molar-refractivity contribution in [2.24, 2.45) is 0 Å². The van der Waals surface area contributed by atoms with E-state index < -0.39 is 11.7 Å². The van der Waals surface area contributed by atoms with Crippen LogP contribution in [-0.2, 0) is 13.0 Å². The molecular weight excluding hydrogens is 394 g/mol. The van der Waals surface area contributed by atoms with E-state index >= 15 is 0 Å². The summed E-state index contributed by atoms with van der Waals surface area (Å²) in [5.74, 6) is -0.496. The summed E-state index contributed by atoms with van der Waals surface area (Å²) < 4.78 is 0. The second kappa shape index (κ2) is 7.65. The summed E-state index contributed by atoms with van der Waals surface area (Å²) >= 11 is 6.15. The smallest absolute Gasteiger partial charge is 0.261 e. The number of aliphatic hydroxyl groups is 1. The van der Waals surface area contributed by atoms with E-state index in [0.717, 1.165) is 11.1 Å². The number of likely N-dealkylation sites (tertiary alicyclic amines) is 1. The van der Waals surface area contributed by atoms with E-state index in [-0.39, 0.29) is 23.9 Å². The fourth-order valence-electron chi connectivity index (χ4n) is 3.96. The van der Waals surface area contributed by atoms with Crippen molar-refractivity contribution < 1.29 is 14.7 Å². The van der Waals surface area contributed by atoms with Gasteiger partial charge in [0.25, 0.3) is 17.4 Å². The van der Waals surface area contributed by atoms with E-state index in [1.165, 1.54) is 4.90 Å². The Bertz CT molecular complexity index is 1050. The Kier molecular flexibility index (Phi) is 5.19. The number of rotatable bonds is 2. The Morgan fingerprint density at radius 3 is 2.69 bits per heavy atom. The number of aliphatic hydroxyl groups excluding tert-OH is 1. The van der Waals surface area contributed by atoms with Crippen LogP contribution in [0.15, 0.2) is 29.2 Å². The van der Waals surface area contributed by atoms with Gasteiger partial charge in [-0.15, -0.1) is 0 Å². The van der Waals surface area contributed by atoms with Crippen molar-refractivity contribution in [1.29, 1.82) is 0 Å². The van der Waals surface area contributed by atoms with Crippen molar-refractivity contribution in [2.45, 2.75) is 32.4 Å². The molecule has 29 heavy (non-hydrogen) atoms.